The number of ether oxygens (including phenoxy) is 1. The molecular weight excluding hydrogens is 472 g/mol. The van der Waals surface area contributed by atoms with E-state index < -0.39 is 32.4 Å². The summed E-state index contributed by atoms with van der Waals surface area (Å²) in [6.45, 7) is 1.79. The molecule has 4 rings (SSSR count). The molecule has 0 aliphatic rings. The van der Waals surface area contributed by atoms with Gasteiger partial charge in [0.05, 0.1) is 18.4 Å². The first kappa shape index (κ1) is 24.0. The van der Waals surface area contributed by atoms with Gasteiger partial charge in [-0.3, -0.25) is 0 Å². The van der Waals surface area contributed by atoms with E-state index in [2.05, 4.69) is 10.2 Å². The Bertz CT molecular complexity index is 1500. The van der Waals surface area contributed by atoms with Crippen LogP contribution in [0, 0.1) is 6.92 Å². The second-order valence-electron chi connectivity index (χ2n) is 7.86. The van der Waals surface area contributed by atoms with Crippen molar-refractivity contribution in [3.8, 4) is 40.3 Å². The van der Waals surface area contributed by atoms with Crippen LogP contribution in [0.3, 0.4) is 0 Å². The molecule has 3 aromatic carbocycles. The average Bonchev–Trinajstić information content (AvgIpc) is 3.20. The number of phenolic OH excluding ortho intramolecular Hbond substituents is 2. The number of hydrogen-bond acceptors (Lipinski definition) is 8. The summed E-state index contributed by atoms with van der Waals surface area (Å²) >= 11 is 0. The molecule has 3 N–H and O–H groups in total. The number of sulfonamides is 1. The fourth-order valence-corrected chi connectivity index (χ4v) is 4.99. The Balaban J connectivity index is 1.81. The maximum absolute atomic E-state index is 13.4. The highest BCUT2D eigenvalue weighted by atomic mass is 32.2. The molecule has 0 spiro atoms. The van der Waals surface area contributed by atoms with Gasteiger partial charge in [0.15, 0.2) is 5.82 Å². The third-order valence-electron chi connectivity index (χ3n) is 5.59. The van der Waals surface area contributed by atoms with E-state index in [4.69, 9.17) is 4.74 Å². The minimum absolute atomic E-state index is 0.00173. The topological polar surface area (TPSA) is 138 Å². The molecule has 0 saturated heterocycles. The predicted molar refractivity (Wildman–Crippen MR) is 128 cm³/mol. The van der Waals surface area contributed by atoms with Gasteiger partial charge in [0, 0.05) is 25.2 Å². The Kier molecular flexibility index (Phi) is 6.37. The lowest BCUT2D eigenvalue weighted by Gasteiger charge is -2.20. The second kappa shape index (κ2) is 9.28. The minimum Gasteiger partial charge on any atom is -0.507 e. The van der Waals surface area contributed by atoms with Gasteiger partial charge in [-0.05, 0) is 30.7 Å². The first-order chi connectivity index (χ1) is 16.6. The van der Waals surface area contributed by atoms with Crippen LogP contribution in [-0.2, 0) is 16.6 Å². The average molecular weight is 497 g/mol. The maximum atomic E-state index is 13.4. The summed E-state index contributed by atoms with van der Waals surface area (Å²) in [4.78, 5) is -0.443. The van der Waals surface area contributed by atoms with Gasteiger partial charge in [0.1, 0.15) is 22.1 Å². The van der Waals surface area contributed by atoms with Crippen molar-refractivity contribution in [2.45, 2.75) is 18.4 Å². The van der Waals surface area contributed by atoms with E-state index in [1.807, 2.05) is 19.1 Å². The molecular formula is C24H24N4O6S. The van der Waals surface area contributed by atoms with E-state index >= 15 is 0 Å². The molecule has 0 bridgehead atoms. The van der Waals surface area contributed by atoms with Crippen molar-refractivity contribution in [1.29, 1.82) is 0 Å². The smallest absolute Gasteiger partial charge is 0.319 e. The number of aromatic hydroxyl groups is 3. The molecule has 182 valence electrons. The summed E-state index contributed by atoms with van der Waals surface area (Å²) in [6, 6.07) is 15.7. The van der Waals surface area contributed by atoms with Crippen LogP contribution in [0.4, 0.5) is 0 Å². The first-order valence-corrected chi connectivity index (χ1v) is 11.9. The molecule has 0 radical (unpaired) electrons. The van der Waals surface area contributed by atoms with Crippen molar-refractivity contribution in [1.82, 2.24) is 19.1 Å². The predicted octanol–water partition coefficient (Wildman–Crippen LogP) is 3.19. The number of aryl methyl sites for hydroxylation is 1. The number of methoxy groups -OCH3 is 1. The number of hydrogen-bond donors (Lipinski definition) is 3. The molecule has 4 aromatic rings. The largest absolute Gasteiger partial charge is 0.507 e. The van der Waals surface area contributed by atoms with Crippen LogP contribution in [0.1, 0.15) is 11.1 Å². The van der Waals surface area contributed by atoms with Crippen LogP contribution in [0.25, 0.3) is 17.1 Å². The highest BCUT2D eigenvalue weighted by molar-refractivity contribution is 7.89. The Morgan fingerprint density at radius 2 is 1.66 bits per heavy atom. The Labute approximate surface area is 202 Å². The van der Waals surface area contributed by atoms with E-state index in [1.165, 1.54) is 18.7 Å². The lowest BCUT2D eigenvalue weighted by molar-refractivity contribution is 0.396. The number of benzene rings is 3. The Morgan fingerprint density at radius 3 is 2.37 bits per heavy atom. The Morgan fingerprint density at radius 1 is 0.971 bits per heavy atom. The summed E-state index contributed by atoms with van der Waals surface area (Å²) in [5.41, 5.74) is 1.91. The molecule has 1 aromatic heterocycles. The zero-order valence-corrected chi connectivity index (χ0v) is 20.1. The SMILES string of the molecule is COc1ccccc1CN(C)S(=O)(=O)c1cc(-c2nnc(O)n2-c2ccccc2C)c(O)cc1O. The van der Waals surface area contributed by atoms with Gasteiger partial charge in [-0.2, -0.15) is 4.31 Å². The molecule has 1 heterocycles. The summed E-state index contributed by atoms with van der Waals surface area (Å²) < 4.78 is 34.5. The van der Waals surface area contributed by atoms with Crippen molar-refractivity contribution in [2.24, 2.45) is 0 Å². The van der Waals surface area contributed by atoms with E-state index in [0.717, 1.165) is 22.0 Å². The molecule has 0 aliphatic carbocycles. The summed E-state index contributed by atoms with van der Waals surface area (Å²) in [5.74, 6) is -0.550. The molecule has 0 amide bonds. The van der Waals surface area contributed by atoms with Crippen molar-refractivity contribution in [2.75, 3.05) is 14.2 Å². The fourth-order valence-electron chi connectivity index (χ4n) is 3.76. The number of para-hydroxylation sites is 2. The zero-order valence-electron chi connectivity index (χ0n) is 19.2. The van der Waals surface area contributed by atoms with Crippen LogP contribution in [-0.4, -0.2) is 57.0 Å². The standard InChI is InChI=1S/C24H24N4O6S/c1-15-8-4-6-10-18(15)28-23(25-26-24(28)31)17-12-22(20(30)13-19(17)29)35(32,33)27(2)14-16-9-5-7-11-21(16)34-3/h4-13,29-30H,14H2,1-3H3,(H,26,31). The maximum Gasteiger partial charge on any atom is 0.319 e. The quantitative estimate of drug-likeness (QED) is 0.355. The van der Waals surface area contributed by atoms with E-state index in [0.29, 0.717) is 17.0 Å². The molecule has 11 heteroatoms. The molecule has 0 saturated carbocycles. The minimum atomic E-state index is -4.22. The van der Waals surface area contributed by atoms with Gasteiger partial charge in [-0.25, -0.2) is 13.0 Å². The number of rotatable bonds is 7. The van der Waals surface area contributed by atoms with Gasteiger partial charge in [0.2, 0.25) is 10.0 Å². The van der Waals surface area contributed by atoms with E-state index in [-0.39, 0.29) is 17.9 Å². The highest BCUT2D eigenvalue weighted by Crippen LogP contribution is 2.39. The van der Waals surface area contributed by atoms with Gasteiger partial charge >= 0.3 is 6.01 Å². The molecule has 0 aliphatic heterocycles. The van der Waals surface area contributed by atoms with Gasteiger partial charge < -0.3 is 20.1 Å². The van der Waals surface area contributed by atoms with Crippen LogP contribution >= 0.6 is 0 Å². The highest BCUT2D eigenvalue weighted by Gasteiger charge is 2.29. The van der Waals surface area contributed by atoms with E-state index in [1.54, 1.807) is 36.4 Å². The molecule has 0 unspecified atom stereocenters. The van der Waals surface area contributed by atoms with Crippen molar-refractivity contribution >= 4 is 10.0 Å². The van der Waals surface area contributed by atoms with Crippen molar-refractivity contribution < 1.29 is 28.5 Å². The van der Waals surface area contributed by atoms with Gasteiger partial charge in [-0.1, -0.05) is 41.5 Å². The number of nitrogens with zero attached hydrogens (tertiary/aromatic N) is 4. The summed E-state index contributed by atoms with van der Waals surface area (Å²) in [5, 5.41) is 39.1. The lowest BCUT2D eigenvalue weighted by atomic mass is 10.1. The van der Waals surface area contributed by atoms with Gasteiger partial charge in [0.25, 0.3) is 0 Å². The molecule has 0 fully saturated rings. The third-order valence-corrected chi connectivity index (χ3v) is 7.43. The number of phenols is 2. The van der Waals surface area contributed by atoms with E-state index in [9.17, 15) is 23.7 Å². The van der Waals surface area contributed by atoms with Crippen LogP contribution in [0.15, 0.2) is 65.6 Å². The zero-order chi connectivity index (χ0) is 25.3. The van der Waals surface area contributed by atoms with Crippen LogP contribution in [0.2, 0.25) is 0 Å². The Hall–Kier alpha value is -4.09. The summed E-state index contributed by atoms with van der Waals surface area (Å²) in [6.07, 6.45) is 0. The summed E-state index contributed by atoms with van der Waals surface area (Å²) in [7, 11) is -1.36. The third kappa shape index (κ3) is 4.38. The van der Waals surface area contributed by atoms with Crippen molar-refractivity contribution in [3.05, 3.63) is 71.8 Å². The molecule has 35 heavy (non-hydrogen) atoms. The molecule has 10 nitrogen and oxygen atoms in total. The lowest BCUT2D eigenvalue weighted by Crippen LogP contribution is -2.27. The monoisotopic (exact) mass is 496 g/mol. The fraction of sp³-hybridized carbons (Fsp3) is 0.167. The number of aromatic nitrogens is 3. The normalized spacial score (nSPS) is 11.7. The first-order valence-electron chi connectivity index (χ1n) is 10.5. The van der Waals surface area contributed by atoms with Crippen LogP contribution < -0.4 is 4.74 Å². The van der Waals surface area contributed by atoms with Crippen LogP contribution in [0.5, 0.6) is 23.3 Å². The molecule has 0 atom stereocenters. The second-order valence-corrected chi connectivity index (χ2v) is 9.87. The van der Waals surface area contributed by atoms with Gasteiger partial charge in [-0.15, -0.1) is 5.10 Å². The van der Waals surface area contributed by atoms with Crippen molar-refractivity contribution in [3.63, 3.8) is 0 Å².